The van der Waals surface area contributed by atoms with Gasteiger partial charge in [-0.2, -0.15) is 0 Å². The maximum absolute atomic E-state index is 5.92. The monoisotopic (exact) mass is 247 g/mol. The largest absolute Gasteiger partial charge is 0.366 e. The molecule has 0 spiro atoms. The SMILES string of the molecule is C=CCNc1cc(N2CCC(N)CC2)nc(C)n1. The Labute approximate surface area is 108 Å². The van der Waals surface area contributed by atoms with Crippen molar-refractivity contribution in [3.8, 4) is 0 Å². The predicted molar refractivity (Wildman–Crippen MR) is 74.9 cm³/mol. The summed E-state index contributed by atoms with van der Waals surface area (Å²) < 4.78 is 0. The number of nitrogens with two attached hydrogens (primary N) is 1. The van der Waals surface area contributed by atoms with E-state index in [0.29, 0.717) is 12.6 Å². The van der Waals surface area contributed by atoms with E-state index >= 15 is 0 Å². The fourth-order valence-electron chi connectivity index (χ4n) is 2.11. The van der Waals surface area contributed by atoms with Gasteiger partial charge in [0.1, 0.15) is 17.5 Å². The molecule has 0 radical (unpaired) electrons. The van der Waals surface area contributed by atoms with Crippen LogP contribution in [-0.2, 0) is 0 Å². The number of nitrogens with one attached hydrogen (secondary N) is 1. The molecule has 0 amide bonds. The van der Waals surface area contributed by atoms with Crippen LogP contribution in [0.2, 0.25) is 0 Å². The molecule has 1 fully saturated rings. The summed E-state index contributed by atoms with van der Waals surface area (Å²) in [7, 11) is 0. The van der Waals surface area contributed by atoms with Gasteiger partial charge in [0, 0.05) is 31.7 Å². The lowest BCUT2D eigenvalue weighted by molar-refractivity contribution is 0.498. The van der Waals surface area contributed by atoms with Gasteiger partial charge in [0.05, 0.1) is 0 Å². The third-order valence-electron chi connectivity index (χ3n) is 3.12. The molecular formula is C13H21N5. The lowest BCUT2D eigenvalue weighted by Gasteiger charge is -2.31. The number of aryl methyl sites for hydroxylation is 1. The summed E-state index contributed by atoms with van der Waals surface area (Å²) in [5, 5.41) is 3.20. The van der Waals surface area contributed by atoms with Crippen LogP contribution >= 0.6 is 0 Å². The van der Waals surface area contributed by atoms with Crippen molar-refractivity contribution in [1.82, 2.24) is 9.97 Å². The van der Waals surface area contributed by atoms with E-state index in [9.17, 15) is 0 Å². The summed E-state index contributed by atoms with van der Waals surface area (Å²) in [5.74, 6) is 2.63. The average molecular weight is 247 g/mol. The molecular weight excluding hydrogens is 226 g/mol. The van der Waals surface area contributed by atoms with Crippen molar-refractivity contribution >= 4 is 11.6 Å². The Balaban J connectivity index is 2.11. The minimum absolute atomic E-state index is 0.336. The van der Waals surface area contributed by atoms with Crippen LogP contribution in [0.5, 0.6) is 0 Å². The third-order valence-corrected chi connectivity index (χ3v) is 3.12. The van der Waals surface area contributed by atoms with Gasteiger partial charge in [0.2, 0.25) is 0 Å². The first-order valence-electron chi connectivity index (χ1n) is 6.40. The molecule has 1 saturated heterocycles. The van der Waals surface area contributed by atoms with Crippen LogP contribution in [0.15, 0.2) is 18.7 Å². The molecule has 0 aromatic carbocycles. The molecule has 1 aromatic heterocycles. The smallest absolute Gasteiger partial charge is 0.134 e. The lowest BCUT2D eigenvalue weighted by atomic mass is 10.1. The highest BCUT2D eigenvalue weighted by Gasteiger charge is 2.18. The van der Waals surface area contributed by atoms with Crippen molar-refractivity contribution in [3.05, 3.63) is 24.5 Å². The number of hydrogen-bond donors (Lipinski definition) is 2. The Bertz CT molecular complexity index is 410. The molecule has 0 saturated carbocycles. The quantitative estimate of drug-likeness (QED) is 0.785. The van der Waals surface area contributed by atoms with Gasteiger partial charge in [0.15, 0.2) is 0 Å². The molecule has 3 N–H and O–H groups in total. The number of aromatic nitrogens is 2. The molecule has 5 heteroatoms. The second-order valence-electron chi connectivity index (χ2n) is 4.65. The highest BCUT2D eigenvalue weighted by molar-refractivity contribution is 5.50. The van der Waals surface area contributed by atoms with Crippen LogP contribution in [0.1, 0.15) is 18.7 Å². The zero-order valence-electron chi connectivity index (χ0n) is 10.9. The molecule has 5 nitrogen and oxygen atoms in total. The Morgan fingerprint density at radius 3 is 2.89 bits per heavy atom. The maximum atomic E-state index is 5.92. The van der Waals surface area contributed by atoms with Crippen LogP contribution in [-0.4, -0.2) is 35.6 Å². The summed E-state index contributed by atoms with van der Waals surface area (Å²) >= 11 is 0. The fourth-order valence-corrected chi connectivity index (χ4v) is 2.11. The normalized spacial score (nSPS) is 16.7. The number of anilines is 2. The van der Waals surface area contributed by atoms with Gasteiger partial charge >= 0.3 is 0 Å². The standard InChI is InChI=1S/C13H21N5/c1-3-6-15-12-9-13(17-10(2)16-12)18-7-4-11(14)5-8-18/h3,9,11H,1,4-8,14H2,2H3,(H,15,16,17). The van der Waals surface area contributed by atoms with E-state index in [1.54, 1.807) is 0 Å². The lowest BCUT2D eigenvalue weighted by Crippen LogP contribution is -2.40. The molecule has 98 valence electrons. The van der Waals surface area contributed by atoms with Crippen molar-refractivity contribution in [2.75, 3.05) is 29.9 Å². The summed E-state index contributed by atoms with van der Waals surface area (Å²) in [6.07, 6.45) is 3.87. The zero-order chi connectivity index (χ0) is 13.0. The van der Waals surface area contributed by atoms with E-state index in [4.69, 9.17) is 5.73 Å². The molecule has 2 rings (SSSR count). The third kappa shape index (κ3) is 3.20. The van der Waals surface area contributed by atoms with Crippen molar-refractivity contribution in [1.29, 1.82) is 0 Å². The molecule has 0 bridgehead atoms. The first-order chi connectivity index (χ1) is 8.69. The van der Waals surface area contributed by atoms with E-state index < -0.39 is 0 Å². The minimum Gasteiger partial charge on any atom is -0.366 e. The zero-order valence-corrected chi connectivity index (χ0v) is 10.9. The highest BCUT2D eigenvalue weighted by atomic mass is 15.2. The van der Waals surface area contributed by atoms with Gasteiger partial charge in [-0.3, -0.25) is 0 Å². The topological polar surface area (TPSA) is 67.1 Å². The Morgan fingerprint density at radius 1 is 1.50 bits per heavy atom. The summed E-state index contributed by atoms with van der Waals surface area (Å²) in [5.41, 5.74) is 5.92. The van der Waals surface area contributed by atoms with E-state index in [1.807, 2.05) is 19.1 Å². The van der Waals surface area contributed by atoms with Crippen LogP contribution in [0, 0.1) is 6.92 Å². The summed E-state index contributed by atoms with van der Waals surface area (Å²) in [4.78, 5) is 11.1. The molecule has 0 aliphatic carbocycles. The number of piperidine rings is 1. The molecule has 0 unspecified atom stereocenters. The van der Waals surface area contributed by atoms with E-state index in [-0.39, 0.29) is 0 Å². The molecule has 1 aromatic rings. The molecule has 1 aliphatic rings. The summed E-state index contributed by atoms with van der Waals surface area (Å²) in [6.45, 7) is 8.25. The van der Waals surface area contributed by atoms with Gasteiger partial charge in [-0.15, -0.1) is 6.58 Å². The van der Waals surface area contributed by atoms with Gasteiger partial charge in [-0.1, -0.05) is 6.08 Å². The molecule has 2 heterocycles. The number of hydrogen-bond acceptors (Lipinski definition) is 5. The van der Waals surface area contributed by atoms with E-state index in [1.165, 1.54) is 0 Å². The van der Waals surface area contributed by atoms with Crippen LogP contribution in [0.4, 0.5) is 11.6 Å². The van der Waals surface area contributed by atoms with Crippen LogP contribution < -0.4 is 16.0 Å². The minimum atomic E-state index is 0.336. The van der Waals surface area contributed by atoms with Gasteiger partial charge in [-0.05, 0) is 19.8 Å². The first kappa shape index (κ1) is 12.8. The van der Waals surface area contributed by atoms with E-state index in [2.05, 4.69) is 26.8 Å². The van der Waals surface area contributed by atoms with Crippen LogP contribution in [0.25, 0.3) is 0 Å². The Morgan fingerprint density at radius 2 is 2.22 bits per heavy atom. The highest BCUT2D eigenvalue weighted by Crippen LogP contribution is 2.19. The predicted octanol–water partition coefficient (Wildman–Crippen LogP) is 1.31. The molecule has 1 aliphatic heterocycles. The average Bonchev–Trinajstić information content (AvgIpc) is 2.36. The maximum Gasteiger partial charge on any atom is 0.134 e. The van der Waals surface area contributed by atoms with E-state index in [0.717, 1.165) is 43.4 Å². The van der Waals surface area contributed by atoms with Crippen LogP contribution in [0.3, 0.4) is 0 Å². The van der Waals surface area contributed by atoms with Crippen molar-refractivity contribution in [2.45, 2.75) is 25.8 Å². The molecule has 0 atom stereocenters. The summed E-state index contributed by atoms with van der Waals surface area (Å²) in [6, 6.07) is 2.33. The fraction of sp³-hybridized carbons (Fsp3) is 0.538. The Kier molecular flexibility index (Phi) is 4.15. The molecule has 18 heavy (non-hydrogen) atoms. The van der Waals surface area contributed by atoms with Crippen molar-refractivity contribution in [2.24, 2.45) is 5.73 Å². The number of nitrogens with zero attached hydrogens (tertiary/aromatic N) is 3. The van der Waals surface area contributed by atoms with Crippen molar-refractivity contribution < 1.29 is 0 Å². The van der Waals surface area contributed by atoms with Gasteiger partial charge < -0.3 is 16.0 Å². The number of rotatable bonds is 4. The van der Waals surface area contributed by atoms with Gasteiger partial charge in [-0.25, -0.2) is 9.97 Å². The van der Waals surface area contributed by atoms with Gasteiger partial charge in [0.25, 0.3) is 0 Å². The second kappa shape index (κ2) is 5.82. The first-order valence-corrected chi connectivity index (χ1v) is 6.40. The second-order valence-corrected chi connectivity index (χ2v) is 4.65. The Hall–Kier alpha value is -1.62. The van der Waals surface area contributed by atoms with Crippen molar-refractivity contribution in [3.63, 3.8) is 0 Å².